The Morgan fingerprint density at radius 1 is 1.35 bits per heavy atom. The molecule has 0 unspecified atom stereocenters. The third-order valence-electron chi connectivity index (χ3n) is 3.45. The second-order valence-corrected chi connectivity index (χ2v) is 6.77. The van der Waals surface area contributed by atoms with Crippen molar-refractivity contribution < 1.29 is 9.04 Å². The van der Waals surface area contributed by atoms with E-state index in [4.69, 9.17) is 21.5 Å². The molecule has 109 valence electrons. The van der Waals surface area contributed by atoms with Gasteiger partial charge in [0.1, 0.15) is 11.7 Å². The molecule has 4 nitrogen and oxygen atoms in total. The van der Waals surface area contributed by atoms with E-state index in [2.05, 4.69) is 12.6 Å². The van der Waals surface area contributed by atoms with Crippen LogP contribution in [0.5, 0.6) is 0 Å². The summed E-state index contributed by atoms with van der Waals surface area (Å²) in [4.78, 5) is 0. The molecular formula is C13H20BFN3OS. The van der Waals surface area contributed by atoms with E-state index in [1.54, 1.807) is 0 Å². The first kappa shape index (κ1) is 16.8. The highest BCUT2D eigenvalue weighted by Crippen LogP contribution is 2.30. The molecule has 0 saturated carbocycles. The van der Waals surface area contributed by atoms with Crippen molar-refractivity contribution in [1.82, 2.24) is 0 Å². The number of anilines is 1. The maximum absolute atomic E-state index is 14.1. The maximum atomic E-state index is 14.1. The van der Waals surface area contributed by atoms with Gasteiger partial charge in [0, 0.05) is 10.3 Å². The van der Waals surface area contributed by atoms with Gasteiger partial charge in [0.05, 0.1) is 11.3 Å². The minimum atomic E-state index is -0.648. The summed E-state index contributed by atoms with van der Waals surface area (Å²) in [7, 11) is 1.31. The topological polar surface area (TPSA) is 85.1 Å². The van der Waals surface area contributed by atoms with Crippen molar-refractivity contribution in [2.75, 3.05) is 5.73 Å². The SMILES string of the molecule is CC(C)(S)C(C)(C)O[B]c1ccc(C(=N)N)c(N)c1F. The van der Waals surface area contributed by atoms with Crippen LogP contribution in [0.15, 0.2) is 12.1 Å². The molecule has 5 N–H and O–H groups in total. The number of thiol groups is 1. The van der Waals surface area contributed by atoms with Crippen LogP contribution in [0, 0.1) is 11.2 Å². The number of halogens is 1. The molecule has 1 aromatic rings. The highest BCUT2D eigenvalue weighted by atomic mass is 32.1. The monoisotopic (exact) mass is 296 g/mol. The lowest BCUT2D eigenvalue weighted by Crippen LogP contribution is -2.46. The highest BCUT2D eigenvalue weighted by molar-refractivity contribution is 7.81. The van der Waals surface area contributed by atoms with Gasteiger partial charge in [0.15, 0.2) is 0 Å². The van der Waals surface area contributed by atoms with E-state index in [0.717, 1.165) is 0 Å². The molecule has 0 amide bonds. The third-order valence-corrected chi connectivity index (χ3v) is 3.99. The molecule has 0 aliphatic carbocycles. The van der Waals surface area contributed by atoms with Crippen LogP contribution < -0.4 is 16.9 Å². The Morgan fingerprint density at radius 3 is 2.35 bits per heavy atom. The van der Waals surface area contributed by atoms with Crippen LogP contribution in [0.3, 0.4) is 0 Å². The van der Waals surface area contributed by atoms with Crippen molar-refractivity contribution in [2.24, 2.45) is 5.73 Å². The van der Waals surface area contributed by atoms with E-state index in [1.807, 2.05) is 27.7 Å². The quantitative estimate of drug-likeness (QED) is 0.218. The van der Waals surface area contributed by atoms with Gasteiger partial charge in [-0.1, -0.05) is 6.07 Å². The molecular weight excluding hydrogens is 276 g/mol. The highest BCUT2D eigenvalue weighted by Gasteiger charge is 2.34. The minimum Gasteiger partial charge on any atom is -0.428 e. The lowest BCUT2D eigenvalue weighted by molar-refractivity contribution is 0.0853. The summed E-state index contributed by atoms with van der Waals surface area (Å²) >= 11 is 4.46. The molecule has 0 aromatic heterocycles. The van der Waals surface area contributed by atoms with Crippen LogP contribution in [0.4, 0.5) is 10.1 Å². The lowest BCUT2D eigenvalue weighted by atomic mass is 9.82. The normalized spacial score (nSPS) is 12.3. The van der Waals surface area contributed by atoms with E-state index < -0.39 is 16.2 Å². The predicted octanol–water partition coefficient (Wildman–Crippen LogP) is 1.44. The summed E-state index contributed by atoms with van der Waals surface area (Å²) in [5, 5.41) is 7.31. The number of hydrogen-bond acceptors (Lipinski definition) is 4. The smallest absolute Gasteiger partial charge is 0.333 e. The van der Waals surface area contributed by atoms with Crippen molar-refractivity contribution in [3.63, 3.8) is 0 Å². The molecule has 7 heteroatoms. The van der Waals surface area contributed by atoms with Gasteiger partial charge in [-0.25, -0.2) is 4.39 Å². The number of nitrogen functional groups attached to an aromatic ring is 2. The first-order valence-corrected chi connectivity index (χ1v) is 6.58. The Balaban J connectivity index is 2.96. The Labute approximate surface area is 125 Å². The molecule has 1 rings (SSSR count). The molecule has 0 bridgehead atoms. The number of nitrogens with two attached hydrogens (primary N) is 2. The van der Waals surface area contributed by atoms with Crippen molar-refractivity contribution in [3.05, 3.63) is 23.5 Å². The van der Waals surface area contributed by atoms with Gasteiger partial charge in [-0.15, -0.1) is 0 Å². The molecule has 0 aliphatic rings. The van der Waals surface area contributed by atoms with E-state index in [9.17, 15) is 4.39 Å². The number of rotatable bonds is 5. The van der Waals surface area contributed by atoms with Gasteiger partial charge in [-0.05, 0) is 39.2 Å². The second-order valence-electron chi connectivity index (χ2n) is 5.65. The predicted molar refractivity (Wildman–Crippen MR) is 85.4 cm³/mol. The van der Waals surface area contributed by atoms with Crippen LogP contribution >= 0.6 is 12.6 Å². The summed E-state index contributed by atoms with van der Waals surface area (Å²) in [5.74, 6) is -0.920. The van der Waals surface area contributed by atoms with Crippen LogP contribution in [0.2, 0.25) is 0 Å². The van der Waals surface area contributed by atoms with E-state index >= 15 is 0 Å². The maximum Gasteiger partial charge on any atom is 0.333 e. The van der Waals surface area contributed by atoms with E-state index in [1.165, 1.54) is 19.6 Å². The summed E-state index contributed by atoms with van der Waals surface area (Å²) in [6.07, 6.45) is 0. The summed E-state index contributed by atoms with van der Waals surface area (Å²) in [5.41, 5.74) is 10.6. The zero-order chi connectivity index (χ0) is 15.7. The fourth-order valence-electron chi connectivity index (χ4n) is 1.29. The fraction of sp³-hybridized carbons (Fsp3) is 0.462. The third kappa shape index (κ3) is 3.46. The molecule has 0 spiro atoms. The number of hydrogen-bond donors (Lipinski definition) is 4. The molecule has 0 aliphatic heterocycles. The van der Waals surface area contributed by atoms with Crippen LogP contribution in [-0.4, -0.2) is 23.7 Å². The van der Waals surface area contributed by atoms with Crippen molar-refractivity contribution in [3.8, 4) is 0 Å². The van der Waals surface area contributed by atoms with Crippen molar-refractivity contribution in [2.45, 2.75) is 38.0 Å². The molecule has 0 atom stereocenters. The first-order valence-electron chi connectivity index (χ1n) is 6.13. The summed E-state index contributed by atoms with van der Waals surface area (Å²) in [6, 6.07) is 2.97. The molecule has 1 radical (unpaired) electrons. The Morgan fingerprint density at radius 2 is 1.90 bits per heavy atom. The Bertz CT molecular complexity index is 529. The van der Waals surface area contributed by atoms with Crippen LogP contribution in [0.1, 0.15) is 33.3 Å². The van der Waals surface area contributed by atoms with Crippen molar-refractivity contribution >= 4 is 37.1 Å². The van der Waals surface area contributed by atoms with E-state index in [0.29, 0.717) is 0 Å². The van der Waals surface area contributed by atoms with Gasteiger partial charge in [-0.3, -0.25) is 5.41 Å². The van der Waals surface area contributed by atoms with Gasteiger partial charge < -0.3 is 16.1 Å². The van der Waals surface area contributed by atoms with Gasteiger partial charge >= 0.3 is 7.48 Å². The standard InChI is InChI=1S/C13H20BFN3OS/c1-12(2,13(3,4)20)19-14-8-6-5-7(11(17)18)10(16)9(8)15/h5-6,20H,16H2,1-4H3,(H3,17,18). The number of amidine groups is 1. The number of benzene rings is 1. The Kier molecular flexibility index (Phi) is 4.76. The van der Waals surface area contributed by atoms with Crippen LogP contribution in [-0.2, 0) is 4.65 Å². The fourth-order valence-corrected chi connectivity index (χ4v) is 1.34. The Hall–Kier alpha value is -1.21. The first-order chi connectivity index (χ1) is 8.97. The van der Waals surface area contributed by atoms with Gasteiger partial charge in [-0.2, -0.15) is 12.6 Å². The van der Waals surface area contributed by atoms with Gasteiger partial charge in [0.2, 0.25) is 0 Å². The zero-order valence-electron chi connectivity index (χ0n) is 12.1. The molecule has 0 fully saturated rings. The summed E-state index contributed by atoms with van der Waals surface area (Å²) in [6.45, 7) is 7.55. The average molecular weight is 296 g/mol. The van der Waals surface area contributed by atoms with E-state index in [-0.39, 0.29) is 22.5 Å². The molecule has 0 saturated heterocycles. The van der Waals surface area contributed by atoms with Gasteiger partial charge in [0.25, 0.3) is 0 Å². The second kappa shape index (κ2) is 5.65. The molecule has 20 heavy (non-hydrogen) atoms. The van der Waals surface area contributed by atoms with Crippen LogP contribution in [0.25, 0.3) is 0 Å². The lowest BCUT2D eigenvalue weighted by Gasteiger charge is -2.38. The largest absolute Gasteiger partial charge is 0.428 e. The average Bonchev–Trinajstić information content (AvgIpc) is 2.29. The molecule has 0 heterocycles. The number of nitrogens with one attached hydrogen (secondary N) is 1. The summed E-state index contributed by atoms with van der Waals surface area (Å²) < 4.78 is 19.3. The van der Waals surface area contributed by atoms with Crippen molar-refractivity contribution in [1.29, 1.82) is 5.41 Å². The zero-order valence-corrected chi connectivity index (χ0v) is 13.0. The minimum absolute atomic E-state index is 0.155. The molecule has 1 aromatic carbocycles.